The van der Waals surface area contributed by atoms with Crippen molar-refractivity contribution in [1.29, 1.82) is 0 Å². The molecule has 0 saturated heterocycles. The zero-order valence-corrected chi connectivity index (χ0v) is 14.2. The van der Waals surface area contributed by atoms with E-state index in [9.17, 15) is 22.8 Å². The molecule has 1 aromatic carbocycles. The molecule has 2 amide bonds. The predicted molar refractivity (Wildman–Crippen MR) is 90.9 cm³/mol. The predicted octanol–water partition coefficient (Wildman–Crippen LogP) is 3.88. The first kappa shape index (κ1) is 19.4. The monoisotopic (exact) mass is 365 g/mol. The number of aromatic nitrogens is 1. The van der Waals surface area contributed by atoms with Gasteiger partial charge >= 0.3 is 6.18 Å². The van der Waals surface area contributed by atoms with Crippen LogP contribution in [0.3, 0.4) is 0 Å². The van der Waals surface area contributed by atoms with Gasteiger partial charge in [0, 0.05) is 23.5 Å². The van der Waals surface area contributed by atoms with Gasteiger partial charge in [0.1, 0.15) is 5.69 Å². The molecule has 1 heterocycles. The van der Waals surface area contributed by atoms with Gasteiger partial charge in [0.25, 0.3) is 11.8 Å². The first-order valence-electron chi connectivity index (χ1n) is 7.96. The lowest BCUT2D eigenvalue weighted by atomic mass is 10.1. The fourth-order valence-electron chi connectivity index (χ4n) is 2.07. The van der Waals surface area contributed by atoms with Gasteiger partial charge in [-0.15, -0.1) is 0 Å². The van der Waals surface area contributed by atoms with E-state index in [1.165, 1.54) is 30.5 Å². The van der Waals surface area contributed by atoms with Crippen LogP contribution in [0, 0.1) is 0 Å². The van der Waals surface area contributed by atoms with Crippen molar-refractivity contribution >= 4 is 17.5 Å². The lowest BCUT2D eigenvalue weighted by Gasteiger charge is -2.12. The first-order chi connectivity index (χ1) is 12.2. The van der Waals surface area contributed by atoms with E-state index in [-0.39, 0.29) is 23.0 Å². The van der Waals surface area contributed by atoms with Crippen LogP contribution in [-0.2, 0) is 6.18 Å². The molecule has 0 fully saturated rings. The maximum absolute atomic E-state index is 12.7. The van der Waals surface area contributed by atoms with Crippen molar-refractivity contribution in [2.75, 3.05) is 5.32 Å². The molecule has 1 aromatic heterocycles. The van der Waals surface area contributed by atoms with Crippen molar-refractivity contribution in [1.82, 2.24) is 10.3 Å². The highest BCUT2D eigenvalue weighted by atomic mass is 19.4. The van der Waals surface area contributed by atoms with E-state index in [0.29, 0.717) is 0 Å². The number of alkyl halides is 3. The molecule has 5 nitrogen and oxygen atoms in total. The van der Waals surface area contributed by atoms with Crippen LogP contribution in [0.25, 0.3) is 0 Å². The van der Waals surface area contributed by atoms with E-state index in [4.69, 9.17) is 0 Å². The number of benzene rings is 1. The maximum Gasteiger partial charge on any atom is 0.416 e. The van der Waals surface area contributed by atoms with Crippen LogP contribution in [0.5, 0.6) is 0 Å². The first-order valence-corrected chi connectivity index (χ1v) is 7.96. The molecule has 0 radical (unpaired) electrons. The van der Waals surface area contributed by atoms with Gasteiger partial charge in [-0.25, -0.2) is 0 Å². The van der Waals surface area contributed by atoms with Gasteiger partial charge in [-0.1, -0.05) is 13.0 Å². The number of hydrogen-bond acceptors (Lipinski definition) is 3. The summed E-state index contributed by atoms with van der Waals surface area (Å²) >= 11 is 0. The number of pyridine rings is 1. The van der Waals surface area contributed by atoms with Gasteiger partial charge in [0.2, 0.25) is 0 Å². The van der Waals surface area contributed by atoms with Gasteiger partial charge in [0.15, 0.2) is 0 Å². The summed E-state index contributed by atoms with van der Waals surface area (Å²) in [4.78, 5) is 28.3. The molecule has 138 valence electrons. The maximum atomic E-state index is 12.7. The second kappa shape index (κ2) is 7.99. The topological polar surface area (TPSA) is 71.1 Å². The lowest BCUT2D eigenvalue weighted by molar-refractivity contribution is -0.137. The fourth-order valence-corrected chi connectivity index (χ4v) is 2.07. The Bertz CT molecular complexity index is 806. The molecule has 8 heteroatoms. The van der Waals surface area contributed by atoms with Crippen LogP contribution in [0.2, 0.25) is 0 Å². The minimum absolute atomic E-state index is 0.00671. The van der Waals surface area contributed by atoms with E-state index < -0.39 is 23.6 Å². The number of nitrogens with one attached hydrogen (secondary N) is 2. The number of amides is 2. The van der Waals surface area contributed by atoms with Crippen LogP contribution < -0.4 is 10.6 Å². The molecule has 0 aliphatic carbocycles. The summed E-state index contributed by atoms with van der Waals surface area (Å²) in [6, 6.07) is 6.94. The SMILES string of the molecule is CCC(C)NC(=O)c1cc(C(=O)Nc2cccc(C(F)(F)F)c2)ccn1. The van der Waals surface area contributed by atoms with E-state index in [1.807, 2.05) is 13.8 Å². The molecule has 26 heavy (non-hydrogen) atoms. The Labute approximate surface area is 148 Å². The third-order valence-electron chi connectivity index (χ3n) is 3.69. The Morgan fingerprint density at radius 2 is 1.88 bits per heavy atom. The number of carbonyl (C=O) groups excluding carboxylic acids is 2. The molecule has 0 bridgehead atoms. The van der Waals surface area contributed by atoms with Crippen molar-refractivity contribution in [3.63, 3.8) is 0 Å². The number of halogens is 3. The van der Waals surface area contributed by atoms with Gasteiger partial charge in [-0.2, -0.15) is 13.2 Å². The minimum atomic E-state index is -4.50. The molecular weight excluding hydrogens is 347 g/mol. The Morgan fingerprint density at radius 1 is 1.15 bits per heavy atom. The molecule has 2 rings (SSSR count). The van der Waals surface area contributed by atoms with Gasteiger partial charge in [0.05, 0.1) is 5.56 Å². The Morgan fingerprint density at radius 3 is 2.54 bits per heavy atom. The highest BCUT2D eigenvalue weighted by Gasteiger charge is 2.30. The zero-order valence-electron chi connectivity index (χ0n) is 14.2. The van der Waals surface area contributed by atoms with Crippen LogP contribution in [0.4, 0.5) is 18.9 Å². The van der Waals surface area contributed by atoms with E-state index in [2.05, 4.69) is 15.6 Å². The lowest BCUT2D eigenvalue weighted by Crippen LogP contribution is -2.32. The van der Waals surface area contributed by atoms with E-state index in [1.54, 1.807) is 0 Å². The molecule has 0 saturated carbocycles. The molecule has 0 aliphatic heterocycles. The molecule has 1 atom stereocenters. The van der Waals surface area contributed by atoms with Crippen molar-refractivity contribution in [2.24, 2.45) is 0 Å². The minimum Gasteiger partial charge on any atom is -0.348 e. The third-order valence-corrected chi connectivity index (χ3v) is 3.69. The summed E-state index contributed by atoms with van der Waals surface area (Å²) in [7, 11) is 0. The summed E-state index contributed by atoms with van der Waals surface area (Å²) in [6.45, 7) is 3.75. The summed E-state index contributed by atoms with van der Waals surface area (Å²) in [5, 5.41) is 5.12. The second-order valence-corrected chi connectivity index (χ2v) is 5.75. The number of rotatable bonds is 5. The zero-order chi connectivity index (χ0) is 19.3. The average molecular weight is 365 g/mol. The quantitative estimate of drug-likeness (QED) is 0.845. The van der Waals surface area contributed by atoms with Gasteiger partial charge in [-0.05, 0) is 43.7 Å². The van der Waals surface area contributed by atoms with Gasteiger partial charge in [-0.3, -0.25) is 14.6 Å². The van der Waals surface area contributed by atoms with Crippen LogP contribution in [0.15, 0.2) is 42.6 Å². The number of nitrogens with zero attached hydrogens (tertiary/aromatic N) is 1. The highest BCUT2D eigenvalue weighted by Crippen LogP contribution is 2.30. The molecule has 2 aromatic rings. The molecule has 0 spiro atoms. The van der Waals surface area contributed by atoms with Crippen LogP contribution >= 0.6 is 0 Å². The smallest absolute Gasteiger partial charge is 0.348 e. The Balaban J connectivity index is 2.16. The largest absolute Gasteiger partial charge is 0.416 e. The number of anilines is 1. The standard InChI is InChI=1S/C18H18F3N3O2/c1-3-11(2)23-17(26)15-9-12(7-8-22-15)16(25)24-14-6-4-5-13(10-14)18(19,20)21/h4-11H,3H2,1-2H3,(H,23,26)(H,24,25). The summed E-state index contributed by atoms with van der Waals surface area (Å²) in [6.07, 6.45) is -2.47. The van der Waals surface area contributed by atoms with Crippen LogP contribution in [-0.4, -0.2) is 22.8 Å². The number of hydrogen-bond donors (Lipinski definition) is 2. The summed E-state index contributed by atoms with van der Waals surface area (Å²) in [5.74, 6) is -1.06. The highest BCUT2D eigenvalue weighted by molar-refractivity contribution is 6.05. The van der Waals surface area contributed by atoms with E-state index >= 15 is 0 Å². The summed E-state index contributed by atoms with van der Waals surface area (Å²) < 4.78 is 38.2. The average Bonchev–Trinajstić information content (AvgIpc) is 2.61. The Kier molecular flexibility index (Phi) is 5.97. The van der Waals surface area contributed by atoms with Crippen molar-refractivity contribution < 1.29 is 22.8 Å². The Hall–Kier alpha value is -2.90. The molecule has 0 aliphatic rings. The van der Waals surface area contributed by atoms with Gasteiger partial charge < -0.3 is 10.6 Å². The van der Waals surface area contributed by atoms with Crippen molar-refractivity contribution in [3.05, 3.63) is 59.4 Å². The van der Waals surface area contributed by atoms with Crippen molar-refractivity contribution in [2.45, 2.75) is 32.5 Å². The van der Waals surface area contributed by atoms with E-state index in [0.717, 1.165) is 18.6 Å². The molecular formula is C18H18F3N3O2. The third kappa shape index (κ3) is 5.05. The molecule has 2 N–H and O–H groups in total. The normalized spacial score (nSPS) is 12.3. The summed E-state index contributed by atoms with van der Waals surface area (Å²) in [5.41, 5.74) is -0.681. The fraction of sp³-hybridized carbons (Fsp3) is 0.278. The van der Waals surface area contributed by atoms with Crippen LogP contribution in [0.1, 0.15) is 46.7 Å². The molecule has 1 unspecified atom stereocenters. The second-order valence-electron chi connectivity index (χ2n) is 5.75. The number of carbonyl (C=O) groups is 2. The van der Waals surface area contributed by atoms with Crippen molar-refractivity contribution in [3.8, 4) is 0 Å².